The zero-order valence-electron chi connectivity index (χ0n) is 17.6. The first-order valence-electron chi connectivity index (χ1n) is 9.76. The van der Waals surface area contributed by atoms with Gasteiger partial charge in [-0.1, -0.05) is 36.9 Å². The van der Waals surface area contributed by atoms with Crippen LogP contribution in [0.4, 0.5) is 11.5 Å². The zero-order chi connectivity index (χ0) is 21.5. The Bertz CT molecular complexity index is 1050. The largest absolute Gasteiger partial charge is 0.493 e. The molecule has 0 aliphatic heterocycles. The summed E-state index contributed by atoms with van der Waals surface area (Å²) in [6.07, 6.45) is 0.967. The number of thioether (sulfide) groups is 1. The first kappa shape index (κ1) is 21.7. The molecule has 0 unspecified atom stereocenters. The molecule has 3 rings (SSSR count). The van der Waals surface area contributed by atoms with Gasteiger partial charge in [0, 0.05) is 18.0 Å². The molecular formula is C22H26N4O3S. The number of rotatable bonds is 9. The molecular weight excluding hydrogens is 400 g/mol. The number of anilines is 2. The first-order chi connectivity index (χ1) is 14.6. The van der Waals surface area contributed by atoms with Crippen molar-refractivity contribution in [2.75, 3.05) is 19.5 Å². The highest BCUT2D eigenvalue weighted by Gasteiger charge is 2.13. The first-order valence-corrected chi connectivity index (χ1v) is 10.7. The Hall–Kier alpha value is -3.00. The van der Waals surface area contributed by atoms with Gasteiger partial charge in [0.2, 0.25) is 5.82 Å². The van der Waals surface area contributed by atoms with Crippen LogP contribution >= 0.6 is 11.8 Å². The predicted octanol–water partition coefficient (Wildman–Crippen LogP) is 4.27. The molecule has 8 heteroatoms. The van der Waals surface area contributed by atoms with Crippen molar-refractivity contribution in [3.63, 3.8) is 0 Å². The minimum absolute atomic E-state index is 0.193. The molecule has 7 nitrogen and oxygen atoms in total. The van der Waals surface area contributed by atoms with Crippen LogP contribution in [0.15, 0.2) is 52.4 Å². The molecule has 0 radical (unpaired) electrons. The lowest BCUT2D eigenvalue weighted by Crippen LogP contribution is -2.26. The molecule has 0 spiro atoms. The second kappa shape index (κ2) is 10.2. The smallest absolute Gasteiger partial charge is 0.297 e. The summed E-state index contributed by atoms with van der Waals surface area (Å²) >= 11 is 1.46. The van der Waals surface area contributed by atoms with E-state index in [0.717, 1.165) is 17.7 Å². The van der Waals surface area contributed by atoms with Crippen LogP contribution in [0.3, 0.4) is 0 Å². The summed E-state index contributed by atoms with van der Waals surface area (Å²) in [6, 6.07) is 13.7. The Kier molecular flexibility index (Phi) is 7.35. The summed E-state index contributed by atoms with van der Waals surface area (Å²) in [6.45, 7) is 4.53. The van der Waals surface area contributed by atoms with Crippen molar-refractivity contribution in [3.8, 4) is 11.5 Å². The molecule has 0 atom stereocenters. The van der Waals surface area contributed by atoms with Gasteiger partial charge in [0.1, 0.15) is 0 Å². The van der Waals surface area contributed by atoms with Crippen molar-refractivity contribution in [2.45, 2.75) is 37.7 Å². The Morgan fingerprint density at radius 2 is 1.67 bits per heavy atom. The number of hydrogen-bond donors (Lipinski definition) is 1. The number of nitrogens with one attached hydrogen (secondary N) is 1. The van der Waals surface area contributed by atoms with E-state index in [9.17, 15) is 4.79 Å². The fourth-order valence-corrected chi connectivity index (χ4v) is 3.89. The fraction of sp³-hybridized carbons (Fsp3) is 0.318. The van der Waals surface area contributed by atoms with Gasteiger partial charge in [-0.05, 0) is 48.7 Å². The van der Waals surface area contributed by atoms with Crippen LogP contribution in [0, 0.1) is 0 Å². The second-order valence-electron chi connectivity index (χ2n) is 6.53. The molecule has 0 aliphatic carbocycles. The van der Waals surface area contributed by atoms with Gasteiger partial charge in [0.05, 0.1) is 14.2 Å². The average molecular weight is 427 g/mol. The van der Waals surface area contributed by atoms with Crippen molar-refractivity contribution in [1.29, 1.82) is 0 Å². The average Bonchev–Trinajstić information content (AvgIpc) is 2.79. The molecule has 30 heavy (non-hydrogen) atoms. The molecule has 3 aromatic rings. The minimum atomic E-state index is -0.193. The van der Waals surface area contributed by atoms with E-state index in [1.165, 1.54) is 17.3 Å². The number of methoxy groups -OCH3 is 2. The van der Waals surface area contributed by atoms with E-state index in [-0.39, 0.29) is 11.4 Å². The monoisotopic (exact) mass is 426 g/mol. The summed E-state index contributed by atoms with van der Waals surface area (Å²) in [7, 11) is 3.21. The van der Waals surface area contributed by atoms with E-state index < -0.39 is 0 Å². The van der Waals surface area contributed by atoms with Crippen LogP contribution in [0.1, 0.15) is 25.0 Å². The number of aromatic nitrogens is 3. The van der Waals surface area contributed by atoms with E-state index in [1.54, 1.807) is 18.8 Å². The SMILES string of the molecule is CCc1ccc(Nc2nnc(SCc3ccc(OC)c(OC)c3)n(CC)c2=O)cc1. The lowest BCUT2D eigenvalue weighted by molar-refractivity contribution is 0.354. The number of nitrogens with zero attached hydrogens (tertiary/aromatic N) is 3. The fourth-order valence-electron chi connectivity index (χ4n) is 2.95. The van der Waals surface area contributed by atoms with Crippen molar-refractivity contribution in [3.05, 3.63) is 63.9 Å². The predicted molar refractivity (Wildman–Crippen MR) is 120 cm³/mol. The van der Waals surface area contributed by atoms with E-state index in [2.05, 4.69) is 22.4 Å². The van der Waals surface area contributed by atoms with Gasteiger partial charge in [-0.25, -0.2) is 0 Å². The van der Waals surface area contributed by atoms with E-state index in [1.807, 2.05) is 49.4 Å². The summed E-state index contributed by atoms with van der Waals surface area (Å²) < 4.78 is 12.3. The molecule has 0 fully saturated rings. The molecule has 0 amide bonds. The third-order valence-electron chi connectivity index (χ3n) is 4.67. The molecule has 0 aliphatic rings. The normalized spacial score (nSPS) is 10.7. The van der Waals surface area contributed by atoms with Crippen molar-refractivity contribution in [1.82, 2.24) is 14.8 Å². The summed E-state index contributed by atoms with van der Waals surface area (Å²) in [5.41, 5.74) is 2.89. The summed E-state index contributed by atoms with van der Waals surface area (Å²) in [4.78, 5) is 12.9. The molecule has 2 aromatic carbocycles. The van der Waals surface area contributed by atoms with Gasteiger partial charge in [-0.15, -0.1) is 10.2 Å². The van der Waals surface area contributed by atoms with Crippen LogP contribution in [0.5, 0.6) is 11.5 Å². The van der Waals surface area contributed by atoms with Crippen LogP contribution in [-0.4, -0.2) is 29.0 Å². The van der Waals surface area contributed by atoms with E-state index in [0.29, 0.717) is 29.0 Å². The molecule has 1 heterocycles. The van der Waals surface area contributed by atoms with Crippen molar-refractivity contribution >= 4 is 23.3 Å². The standard InChI is InChI=1S/C22H26N4O3S/c1-5-15-7-10-17(11-8-15)23-20-21(27)26(6-2)22(25-24-20)30-14-16-9-12-18(28-3)19(13-16)29-4/h7-13H,5-6,14H2,1-4H3,(H,23,24). The molecule has 0 saturated heterocycles. The molecule has 1 aromatic heterocycles. The lowest BCUT2D eigenvalue weighted by Gasteiger charge is -2.12. The van der Waals surface area contributed by atoms with Gasteiger partial charge in [-0.3, -0.25) is 9.36 Å². The number of ether oxygens (including phenoxy) is 2. The van der Waals surface area contributed by atoms with E-state index >= 15 is 0 Å². The number of hydrogen-bond acceptors (Lipinski definition) is 7. The lowest BCUT2D eigenvalue weighted by atomic mass is 10.1. The number of aryl methyl sites for hydroxylation is 1. The molecule has 158 valence electrons. The van der Waals surface area contributed by atoms with E-state index in [4.69, 9.17) is 9.47 Å². The third-order valence-corrected chi connectivity index (χ3v) is 5.71. The zero-order valence-corrected chi connectivity index (χ0v) is 18.5. The highest BCUT2D eigenvalue weighted by molar-refractivity contribution is 7.98. The second-order valence-corrected chi connectivity index (χ2v) is 7.48. The third kappa shape index (κ3) is 4.94. The Labute approximate surface area is 180 Å². The highest BCUT2D eigenvalue weighted by Crippen LogP contribution is 2.30. The molecule has 1 N–H and O–H groups in total. The molecule has 0 bridgehead atoms. The number of benzene rings is 2. The van der Waals surface area contributed by atoms with Gasteiger partial charge in [-0.2, -0.15) is 0 Å². The van der Waals surface area contributed by atoms with Gasteiger partial charge >= 0.3 is 0 Å². The molecule has 0 saturated carbocycles. The van der Waals surface area contributed by atoms with Crippen LogP contribution in [0.25, 0.3) is 0 Å². The Morgan fingerprint density at radius 1 is 0.967 bits per heavy atom. The quantitative estimate of drug-likeness (QED) is 0.512. The highest BCUT2D eigenvalue weighted by atomic mass is 32.2. The van der Waals surface area contributed by atoms with Crippen LogP contribution < -0.4 is 20.3 Å². The maximum atomic E-state index is 12.9. The minimum Gasteiger partial charge on any atom is -0.493 e. The maximum absolute atomic E-state index is 12.9. The topological polar surface area (TPSA) is 78.3 Å². The van der Waals surface area contributed by atoms with Crippen LogP contribution in [0.2, 0.25) is 0 Å². The Morgan fingerprint density at radius 3 is 2.30 bits per heavy atom. The van der Waals surface area contributed by atoms with Gasteiger partial charge < -0.3 is 14.8 Å². The summed E-state index contributed by atoms with van der Waals surface area (Å²) in [5, 5.41) is 12.1. The van der Waals surface area contributed by atoms with Gasteiger partial charge in [0.15, 0.2) is 16.7 Å². The van der Waals surface area contributed by atoms with Crippen LogP contribution in [-0.2, 0) is 18.7 Å². The van der Waals surface area contributed by atoms with Crippen molar-refractivity contribution in [2.24, 2.45) is 0 Å². The van der Waals surface area contributed by atoms with Gasteiger partial charge in [0.25, 0.3) is 5.56 Å². The Balaban J connectivity index is 1.77. The summed E-state index contributed by atoms with van der Waals surface area (Å²) in [5.74, 6) is 2.19. The maximum Gasteiger partial charge on any atom is 0.297 e. The van der Waals surface area contributed by atoms with Crippen molar-refractivity contribution < 1.29 is 9.47 Å².